The monoisotopic (exact) mass is 1130 g/mol. The highest BCUT2D eigenvalue weighted by molar-refractivity contribution is 7.46. The van der Waals surface area contributed by atoms with E-state index in [1.807, 2.05) is 52.6 Å². The van der Waals surface area contributed by atoms with Crippen LogP contribution in [-0.4, -0.2) is 175 Å². The fourth-order valence-corrected chi connectivity index (χ4v) is 14.5. The van der Waals surface area contributed by atoms with E-state index >= 15 is 0 Å². The highest BCUT2D eigenvalue weighted by Crippen LogP contribution is 2.53. The van der Waals surface area contributed by atoms with E-state index < -0.39 is 54.0 Å². The standard InChI is InChI=1S/C16H30O3Si.C15H28O4Si.C14H22NO4P.C10H16O3.3CH4/c1-9-11(2)16-10-17-13(12(3)18-16)14(16)19-20(7,8)15(4,5)6;1-8-11(16)15-9-17-12(10(2)18-15)13(15)19-20(6,7)14(3,4)5;1-6-10(2)14-9-16-12(11(3)18-14)13(14)19-20(5)17-8-7-15-4;1-4-6(2)10-5-12-8(9(10)11)7(3)13-10;;;/h9,11-14H,1,10H2,2-8H3;8,10-13,16H,1,9H2,2-7H3;6,10-13H,1,7-9H2,2-3,5H3;4,6-9,11H,1,5H2,2-3H3;3*1H4/t11-,12-,13-,14-,16+;10-,11-,12-,13-,15+;10-,11-,12-,13-,14+,20?;6-,7-,8-,9-,10+;;;/m0000.../s1. The molecule has 0 aromatic heterocycles. The van der Waals surface area contributed by atoms with Crippen molar-refractivity contribution in [3.63, 3.8) is 0 Å². The summed E-state index contributed by atoms with van der Waals surface area (Å²) in [5.74, 6) is 0.499. The fourth-order valence-electron chi connectivity index (χ4n) is 10.8. The first kappa shape index (κ1) is 70.9. The number of aliphatic hydroxyl groups excluding tert-OH is 2. The first-order chi connectivity index (χ1) is 33.8. The van der Waals surface area contributed by atoms with E-state index in [0.29, 0.717) is 39.6 Å². The molecule has 2 N–H and O–H groups in total. The molecule has 8 fully saturated rings. The van der Waals surface area contributed by atoms with Gasteiger partial charge in [-0.3, -0.25) is 0 Å². The van der Waals surface area contributed by atoms with E-state index in [1.165, 1.54) is 6.08 Å². The zero-order valence-corrected chi connectivity index (χ0v) is 50.7. The Kier molecular flexibility index (Phi) is 25.0. The van der Waals surface area contributed by atoms with E-state index in [0.717, 1.165) is 0 Å². The van der Waals surface area contributed by atoms with Gasteiger partial charge < -0.3 is 70.9 Å². The number of ether oxygens (including phenoxy) is 8. The largest absolute Gasteiger partial charge is 0.408 e. The number of fused-ring (bicyclic) bond motifs is 8. The molecule has 18 heteroatoms. The topological polar surface area (TPSA) is 156 Å². The van der Waals surface area contributed by atoms with Crippen LogP contribution in [0, 0.1) is 24.3 Å². The van der Waals surface area contributed by atoms with Crippen LogP contribution in [0.4, 0.5) is 0 Å². The van der Waals surface area contributed by atoms with Gasteiger partial charge in [0.1, 0.15) is 83.9 Å². The Hall–Kier alpha value is -1.25. The molecule has 0 radical (unpaired) electrons. The molecule has 76 heavy (non-hydrogen) atoms. The van der Waals surface area contributed by atoms with Gasteiger partial charge in [0.25, 0.3) is 0 Å². The van der Waals surface area contributed by atoms with Crippen LogP contribution in [0.5, 0.6) is 0 Å². The van der Waals surface area contributed by atoms with Gasteiger partial charge in [-0.25, -0.2) is 6.57 Å². The third kappa shape index (κ3) is 13.3. The number of rotatable bonds is 17. The molecule has 8 aliphatic heterocycles. The summed E-state index contributed by atoms with van der Waals surface area (Å²) in [6, 6.07) is 0. The van der Waals surface area contributed by atoms with Gasteiger partial charge >= 0.3 is 0 Å². The SMILES string of the molecule is C.C.C.C=C[C@H](C)[C@@]12CO[C@@H]([C@H](C)O1)[C@@H]2O.C=C[C@H](C)[C@@]12CO[C@@H]([C@H](C)O1)[C@@H]2O[Si](C)(C)C(C)(C)C.C=C[C@H](O)[C@@]12CO[C@@H]([C@H](C)O1)[C@@H]2O[Si](C)(C)C(C)(C)C.[C-]#[N+]CCOP(C)O[C@H]1[C@H]2OC[C@]1([C@@H](C)C=C)O[C@H]2C. The van der Waals surface area contributed by atoms with Crippen molar-refractivity contribution in [2.45, 2.75) is 250 Å². The summed E-state index contributed by atoms with van der Waals surface area (Å²) in [5.41, 5.74) is -2.12. The van der Waals surface area contributed by atoms with Crippen molar-refractivity contribution >= 4 is 25.0 Å². The molecule has 1 unspecified atom stereocenters. The average Bonchev–Trinajstić information content (AvgIpc) is 4.20. The predicted octanol–water partition coefficient (Wildman–Crippen LogP) is 11.5. The summed E-state index contributed by atoms with van der Waals surface area (Å²) in [6.07, 6.45) is 5.40. The molecule has 0 amide bonds. The second-order valence-corrected chi connectivity index (χ2v) is 35.6. The summed E-state index contributed by atoms with van der Waals surface area (Å²) in [7, 11) is -4.83. The Balaban J connectivity index is 0.000000346. The van der Waals surface area contributed by atoms with Crippen LogP contribution < -0.4 is 0 Å². The Bertz CT molecular complexity index is 1870. The third-order valence-electron chi connectivity index (χ3n) is 17.9. The van der Waals surface area contributed by atoms with Gasteiger partial charge in [0, 0.05) is 24.4 Å². The molecule has 0 saturated carbocycles. The Labute approximate surface area is 465 Å². The normalized spacial score (nSPS) is 39.4. The van der Waals surface area contributed by atoms with Crippen molar-refractivity contribution in [1.82, 2.24) is 0 Å². The molecule has 0 aromatic carbocycles. The smallest absolute Gasteiger partial charge is 0.238 e. The maximum Gasteiger partial charge on any atom is 0.238 e. The highest BCUT2D eigenvalue weighted by atomic mass is 31.2. The molecule has 8 rings (SSSR count). The van der Waals surface area contributed by atoms with Gasteiger partial charge in [-0.1, -0.05) is 109 Å². The molecule has 8 saturated heterocycles. The second-order valence-electron chi connectivity index (χ2n) is 24.7. The van der Waals surface area contributed by atoms with E-state index in [4.69, 9.17) is 62.4 Å². The summed E-state index contributed by atoms with van der Waals surface area (Å²) in [6.45, 7) is 63.3. The molecule has 0 spiro atoms. The first-order valence-electron chi connectivity index (χ1n) is 26.5. The van der Waals surface area contributed by atoms with Crippen molar-refractivity contribution in [3.8, 4) is 0 Å². The maximum atomic E-state index is 10.3. The molecular weight excluding hydrogens is 1020 g/mol. The fraction of sp³-hybridized carbons (Fsp3) is 0.845. The molecule has 0 aliphatic carbocycles. The van der Waals surface area contributed by atoms with Gasteiger partial charge in [0.2, 0.25) is 6.54 Å². The Morgan fingerprint density at radius 1 is 0.605 bits per heavy atom. The van der Waals surface area contributed by atoms with Crippen LogP contribution in [0.15, 0.2) is 50.6 Å². The average molecular weight is 1130 g/mol. The van der Waals surface area contributed by atoms with Gasteiger partial charge in [0.05, 0.1) is 50.8 Å². The summed E-state index contributed by atoms with van der Waals surface area (Å²) >= 11 is 0. The minimum atomic E-state index is -1.95. The second kappa shape index (κ2) is 26.8. The Morgan fingerprint density at radius 3 is 1.29 bits per heavy atom. The molecular formula is C58H108NO14PSi2. The van der Waals surface area contributed by atoms with Gasteiger partial charge in [-0.05, 0) is 64.0 Å². The molecule has 21 atom stereocenters. The number of hydrogen-bond donors (Lipinski definition) is 2. The van der Waals surface area contributed by atoms with Gasteiger partial charge in [-0.2, -0.15) is 0 Å². The minimum absolute atomic E-state index is 0. The van der Waals surface area contributed by atoms with Crippen molar-refractivity contribution in [2.24, 2.45) is 17.8 Å². The Morgan fingerprint density at radius 2 is 0.934 bits per heavy atom. The van der Waals surface area contributed by atoms with E-state index in [1.54, 1.807) is 0 Å². The lowest BCUT2D eigenvalue weighted by molar-refractivity contribution is -0.171. The molecule has 8 aliphatic rings. The lowest BCUT2D eigenvalue weighted by atomic mass is 9.86. The predicted molar refractivity (Wildman–Crippen MR) is 312 cm³/mol. The summed E-state index contributed by atoms with van der Waals surface area (Å²) < 4.78 is 72.2. The van der Waals surface area contributed by atoms with E-state index in [9.17, 15) is 10.2 Å². The zero-order valence-electron chi connectivity index (χ0n) is 47.8. The number of aliphatic hydroxyl groups is 2. The maximum absolute atomic E-state index is 10.3. The lowest BCUT2D eigenvalue weighted by Crippen LogP contribution is -2.56. The number of hydrogen-bond acceptors (Lipinski definition) is 14. The summed E-state index contributed by atoms with van der Waals surface area (Å²) in [5, 5.41) is 20.6. The lowest BCUT2D eigenvalue weighted by Gasteiger charge is -2.42. The number of nitrogens with zero attached hydrogens (tertiary/aromatic N) is 1. The van der Waals surface area contributed by atoms with Crippen molar-refractivity contribution in [3.05, 3.63) is 62.0 Å². The quantitative estimate of drug-likeness (QED) is 0.0466. The first-order valence-corrected chi connectivity index (χ1v) is 34.0. The molecule has 8 heterocycles. The van der Waals surface area contributed by atoms with Crippen LogP contribution in [0.1, 0.15) is 112 Å². The van der Waals surface area contributed by atoms with Gasteiger partial charge in [-0.15, -0.1) is 26.3 Å². The summed E-state index contributed by atoms with van der Waals surface area (Å²) in [4.78, 5) is 3.27. The van der Waals surface area contributed by atoms with E-state index in [-0.39, 0.29) is 123 Å². The van der Waals surface area contributed by atoms with Crippen LogP contribution in [0.25, 0.3) is 4.85 Å². The van der Waals surface area contributed by atoms with Gasteiger partial charge in [0.15, 0.2) is 25.0 Å². The van der Waals surface area contributed by atoms with E-state index in [2.05, 4.69) is 120 Å². The van der Waals surface area contributed by atoms with Crippen molar-refractivity contribution in [1.29, 1.82) is 0 Å². The van der Waals surface area contributed by atoms with Crippen LogP contribution >= 0.6 is 8.38 Å². The molecule has 0 aromatic rings. The highest BCUT2D eigenvalue weighted by Gasteiger charge is 2.67. The van der Waals surface area contributed by atoms with Crippen LogP contribution in [-0.2, 0) is 55.8 Å². The van der Waals surface area contributed by atoms with Crippen LogP contribution in [0.3, 0.4) is 0 Å². The molecule has 442 valence electrons. The zero-order chi connectivity index (χ0) is 55.1. The molecule has 8 bridgehead atoms. The minimum Gasteiger partial charge on any atom is -0.408 e. The molecule has 15 nitrogen and oxygen atoms in total. The van der Waals surface area contributed by atoms with Crippen LogP contribution in [0.2, 0.25) is 36.3 Å². The van der Waals surface area contributed by atoms with Crippen molar-refractivity contribution in [2.75, 3.05) is 46.2 Å². The van der Waals surface area contributed by atoms with Crippen molar-refractivity contribution < 1.29 is 66.0 Å². The third-order valence-corrected chi connectivity index (χ3v) is 27.9.